The summed E-state index contributed by atoms with van der Waals surface area (Å²) in [5, 5.41) is 9.14. The van der Waals surface area contributed by atoms with Crippen molar-refractivity contribution in [2.75, 3.05) is 14.2 Å². The molecule has 0 aliphatic heterocycles. The summed E-state index contributed by atoms with van der Waals surface area (Å²) in [5.41, 5.74) is -0.390. The molecule has 0 unspecified atom stereocenters. The molecule has 2 aromatic heterocycles. The first-order valence-electron chi connectivity index (χ1n) is 5.36. The summed E-state index contributed by atoms with van der Waals surface area (Å²) >= 11 is 0. The number of pyridine rings is 1. The van der Waals surface area contributed by atoms with Gasteiger partial charge >= 0.3 is 6.18 Å². The number of tetrazole rings is 1. The lowest BCUT2D eigenvalue weighted by Gasteiger charge is -2.13. The highest BCUT2D eigenvalue weighted by atomic mass is 19.4. The van der Waals surface area contributed by atoms with Crippen molar-refractivity contribution in [2.24, 2.45) is 0 Å². The number of carbonyl (C=O) groups is 1. The lowest BCUT2D eigenvalue weighted by molar-refractivity contribution is -0.146. The minimum Gasteiger partial charge on any atom is -0.493 e. The van der Waals surface area contributed by atoms with Crippen LogP contribution in [0.1, 0.15) is 16.2 Å². The summed E-state index contributed by atoms with van der Waals surface area (Å²) in [7, 11) is 2.44. The number of nitrogens with zero attached hydrogens (tertiary/aromatic N) is 5. The van der Waals surface area contributed by atoms with Crippen molar-refractivity contribution in [1.82, 2.24) is 25.2 Å². The molecule has 11 heteroatoms. The van der Waals surface area contributed by atoms with Crippen LogP contribution in [-0.2, 0) is 6.18 Å². The third-order valence-electron chi connectivity index (χ3n) is 2.48. The van der Waals surface area contributed by atoms with Gasteiger partial charge in [-0.25, -0.2) is 4.98 Å². The predicted molar refractivity (Wildman–Crippen MR) is 60.4 cm³/mol. The molecule has 2 aromatic rings. The first kappa shape index (κ1) is 14.7. The maximum absolute atomic E-state index is 12.8. The number of aromatic nitrogens is 5. The van der Waals surface area contributed by atoms with E-state index in [-0.39, 0.29) is 22.9 Å². The summed E-state index contributed by atoms with van der Waals surface area (Å²) in [6, 6.07) is 0. The molecule has 0 amide bonds. The fourth-order valence-corrected chi connectivity index (χ4v) is 1.64. The quantitative estimate of drug-likeness (QED) is 0.775. The number of hydrogen-bond acceptors (Lipinski definition) is 7. The van der Waals surface area contributed by atoms with Gasteiger partial charge < -0.3 is 9.47 Å². The zero-order chi connectivity index (χ0) is 15.6. The SMILES string of the molecule is COc1ncc(-n2nnnc2C(F)(F)F)c(OC)c1C=O. The van der Waals surface area contributed by atoms with E-state index >= 15 is 0 Å². The summed E-state index contributed by atoms with van der Waals surface area (Å²) in [6.07, 6.45) is -3.42. The first-order valence-corrected chi connectivity index (χ1v) is 5.36. The van der Waals surface area contributed by atoms with Crippen molar-refractivity contribution in [1.29, 1.82) is 0 Å². The van der Waals surface area contributed by atoms with Crippen molar-refractivity contribution >= 4 is 6.29 Å². The number of halogens is 3. The molecule has 0 N–H and O–H groups in total. The molecular weight excluding hydrogens is 295 g/mol. The van der Waals surface area contributed by atoms with Crippen molar-refractivity contribution in [3.63, 3.8) is 0 Å². The van der Waals surface area contributed by atoms with Gasteiger partial charge in [0, 0.05) is 0 Å². The lowest BCUT2D eigenvalue weighted by atomic mass is 10.2. The molecule has 0 aromatic carbocycles. The van der Waals surface area contributed by atoms with Gasteiger partial charge in [-0.3, -0.25) is 4.79 Å². The second-order valence-electron chi connectivity index (χ2n) is 3.63. The van der Waals surface area contributed by atoms with Gasteiger partial charge in [0.2, 0.25) is 5.88 Å². The molecule has 2 heterocycles. The summed E-state index contributed by atoms with van der Waals surface area (Å²) < 4.78 is 48.6. The molecule has 0 radical (unpaired) electrons. The monoisotopic (exact) mass is 303 g/mol. The number of carbonyl (C=O) groups excluding carboxylic acids is 1. The van der Waals surface area contributed by atoms with Crippen molar-refractivity contribution < 1.29 is 27.4 Å². The molecule has 21 heavy (non-hydrogen) atoms. The van der Waals surface area contributed by atoms with Gasteiger partial charge in [0.05, 0.1) is 20.4 Å². The maximum atomic E-state index is 12.8. The van der Waals surface area contributed by atoms with Crippen LogP contribution in [-0.4, -0.2) is 45.7 Å². The Morgan fingerprint density at radius 3 is 2.52 bits per heavy atom. The number of rotatable bonds is 4. The van der Waals surface area contributed by atoms with Gasteiger partial charge in [0.1, 0.15) is 11.3 Å². The second-order valence-corrected chi connectivity index (χ2v) is 3.63. The van der Waals surface area contributed by atoms with Crippen LogP contribution in [0.3, 0.4) is 0 Å². The first-order chi connectivity index (χ1) is 9.93. The van der Waals surface area contributed by atoms with E-state index in [1.807, 2.05) is 0 Å². The molecule has 112 valence electrons. The van der Waals surface area contributed by atoms with Crippen molar-refractivity contribution in [2.45, 2.75) is 6.18 Å². The fourth-order valence-electron chi connectivity index (χ4n) is 1.64. The molecule has 0 saturated carbocycles. The molecule has 0 aliphatic carbocycles. The summed E-state index contributed by atoms with van der Waals surface area (Å²) in [4.78, 5) is 14.8. The molecule has 0 spiro atoms. The highest BCUT2D eigenvalue weighted by molar-refractivity contribution is 5.84. The van der Waals surface area contributed by atoms with E-state index in [1.165, 1.54) is 14.2 Å². The summed E-state index contributed by atoms with van der Waals surface area (Å²) in [5.74, 6) is -1.65. The highest BCUT2D eigenvalue weighted by Crippen LogP contribution is 2.34. The molecule has 0 bridgehead atoms. The van der Waals surface area contributed by atoms with E-state index < -0.39 is 12.0 Å². The van der Waals surface area contributed by atoms with Gasteiger partial charge in [0.25, 0.3) is 5.82 Å². The van der Waals surface area contributed by atoms with Gasteiger partial charge in [-0.1, -0.05) is 0 Å². The van der Waals surface area contributed by atoms with Crippen LogP contribution in [0.5, 0.6) is 11.6 Å². The van der Waals surface area contributed by atoms with Crippen LogP contribution in [0.4, 0.5) is 13.2 Å². The van der Waals surface area contributed by atoms with Gasteiger partial charge in [-0.15, -0.1) is 5.10 Å². The Morgan fingerprint density at radius 1 is 1.29 bits per heavy atom. The number of methoxy groups -OCH3 is 2. The van der Waals surface area contributed by atoms with E-state index in [0.29, 0.717) is 11.0 Å². The largest absolute Gasteiger partial charge is 0.493 e. The number of hydrogen-bond donors (Lipinski definition) is 0. The van der Waals surface area contributed by atoms with E-state index in [1.54, 1.807) is 0 Å². The van der Waals surface area contributed by atoms with Crippen LogP contribution in [0.25, 0.3) is 5.69 Å². The average molecular weight is 303 g/mol. The van der Waals surface area contributed by atoms with Gasteiger partial charge in [-0.2, -0.15) is 17.9 Å². The zero-order valence-corrected chi connectivity index (χ0v) is 10.7. The minimum atomic E-state index is -4.78. The number of ether oxygens (including phenoxy) is 2. The van der Waals surface area contributed by atoms with Crippen LogP contribution < -0.4 is 9.47 Å². The van der Waals surface area contributed by atoms with E-state index in [9.17, 15) is 18.0 Å². The molecular formula is C10H8F3N5O3. The molecule has 0 aliphatic rings. The summed E-state index contributed by atoms with van der Waals surface area (Å²) in [6.45, 7) is 0. The molecule has 0 fully saturated rings. The molecule has 0 atom stereocenters. The normalized spacial score (nSPS) is 11.3. The maximum Gasteiger partial charge on any atom is 0.453 e. The Balaban J connectivity index is 2.71. The average Bonchev–Trinajstić information content (AvgIpc) is 2.94. The molecule has 0 saturated heterocycles. The Hall–Kier alpha value is -2.72. The standard InChI is InChI=1S/C10H8F3N5O3/c1-20-7-5(4-19)8(21-2)14-3-6(7)18-9(10(11,12)13)15-16-17-18/h3-4H,1-2H3. The van der Waals surface area contributed by atoms with Crippen molar-refractivity contribution in [3.8, 4) is 17.3 Å². The van der Waals surface area contributed by atoms with Gasteiger partial charge in [0.15, 0.2) is 12.0 Å². The van der Waals surface area contributed by atoms with E-state index in [0.717, 1.165) is 6.20 Å². The van der Waals surface area contributed by atoms with E-state index in [4.69, 9.17) is 9.47 Å². The van der Waals surface area contributed by atoms with Crippen molar-refractivity contribution in [3.05, 3.63) is 17.6 Å². The Labute approximate surface area is 115 Å². The molecule has 8 nitrogen and oxygen atoms in total. The second kappa shape index (κ2) is 5.34. The van der Waals surface area contributed by atoms with Crippen LogP contribution in [0.15, 0.2) is 6.20 Å². The fraction of sp³-hybridized carbons (Fsp3) is 0.300. The Bertz CT molecular complexity index is 670. The Kier molecular flexibility index (Phi) is 3.74. The smallest absolute Gasteiger partial charge is 0.453 e. The topological polar surface area (TPSA) is 92.0 Å². The predicted octanol–water partition coefficient (Wildman–Crippen LogP) is 0.906. The minimum absolute atomic E-state index is 0.0905. The lowest BCUT2D eigenvalue weighted by Crippen LogP contribution is -2.16. The third kappa shape index (κ3) is 2.49. The number of alkyl halides is 3. The van der Waals surface area contributed by atoms with Gasteiger partial charge in [-0.05, 0) is 10.4 Å². The van der Waals surface area contributed by atoms with E-state index in [2.05, 4.69) is 20.5 Å². The third-order valence-corrected chi connectivity index (χ3v) is 2.48. The Morgan fingerprint density at radius 2 is 2.00 bits per heavy atom. The zero-order valence-electron chi connectivity index (χ0n) is 10.7. The number of aldehydes is 1. The van der Waals surface area contributed by atoms with Crippen LogP contribution in [0, 0.1) is 0 Å². The van der Waals surface area contributed by atoms with Crippen LogP contribution in [0.2, 0.25) is 0 Å². The highest BCUT2D eigenvalue weighted by Gasteiger charge is 2.39. The molecule has 2 rings (SSSR count). The van der Waals surface area contributed by atoms with Crippen LogP contribution >= 0.6 is 0 Å².